The minimum absolute atomic E-state index is 0.0798. The number of nitrogens with zero attached hydrogens (tertiary/aromatic N) is 4. The van der Waals surface area contributed by atoms with E-state index in [4.69, 9.17) is 4.42 Å². The second-order valence-corrected chi connectivity index (χ2v) is 6.19. The van der Waals surface area contributed by atoms with Gasteiger partial charge in [0.2, 0.25) is 17.5 Å². The Kier molecular flexibility index (Phi) is 4.47. The van der Waals surface area contributed by atoms with Crippen molar-refractivity contribution in [1.29, 1.82) is 5.26 Å². The van der Waals surface area contributed by atoms with Crippen molar-refractivity contribution in [3.63, 3.8) is 0 Å². The Balaban J connectivity index is 1.56. The van der Waals surface area contributed by atoms with Crippen LogP contribution in [0.5, 0.6) is 0 Å². The number of para-hydroxylation sites is 1. The first-order valence-corrected chi connectivity index (χ1v) is 8.57. The number of halogens is 2. The predicted octanol–water partition coefficient (Wildman–Crippen LogP) is 3.82. The Morgan fingerprint density at radius 3 is 2.19 bits per heavy atom. The van der Waals surface area contributed by atoms with Crippen LogP contribution in [-0.2, 0) is 0 Å². The van der Waals surface area contributed by atoms with Crippen molar-refractivity contribution in [3.05, 3.63) is 65.9 Å². The van der Waals surface area contributed by atoms with Gasteiger partial charge in [-0.15, -0.1) is 0 Å². The van der Waals surface area contributed by atoms with Gasteiger partial charge in [0.25, 0.3) is 0 Å². The molecule has 1 aliphatic rings. The number of aromatic nitrogens is 1. The van der Waals surface area contributed by atoms with E-state index >= 15 is 0 Å². The van der Waals surface area contributed by atoms with Gasteiger partial charge in [0, 0.05) is 26.2 Å². The third kappa shape index (κ3) is 3.22. The molecule has 0 aliphatic carbocycles. The van der Waals surface area contributed by atoms with Crippen molar-refractivity contribution in [2.75, 3.05) is 36.0 Å². The number of rotatable bonds is 3. The predicted molar refractivity (Wildman–Crippen MR) is 97.4 cm³/mol. The lowest BCUT2D eigenvalue weighted by Crippen LogP contribution is -2.47. The molecule has 5 nitrogen and oxygen atoms in total. The highest BCUT2D eigenvalue weighted by molar-refractivity contribution is 5.60. The van der Waals surface area contributed by atoms with Crippen molar-refractivity contribution in [2.24, 2.45) is 0 Å². The zero-order valence-corrected chi connectivity index (χ0v) is 14.4. The first-order chi connectivity index (χ1) is 13.2. The Hall–Kier alpha value is -3.40. The minimum Gasteiger partial charge on any atom is -0.419 e. The number of piperazine rings is 1. The highest BCUT2D eigenvalue weighted by Gasteiger charge is 2.26. The fourth-order valence-corrected chi connectivity index (χ4v) is 3.21. The highest BCUT2D eigenvalue weighted by Crippen LogP contribution is 2.31. The minimum atomic E-state index is -0.459. The van der Waals surface area contributed by atoms with Crippen LogP contribution in [0.2, 0.25) is 0 Å². The van der Waals surface area contributed by atoms with Gasteiger partial charge in [-0.25, -0.2) is 8.78 Å². The SMILES string of the molecule is N#Cc1nc(-c2ccccc2F)oc1N1CCN(c2ccccc2F)CC1. The zero-order chi connectivity index (χ0) is 18.8. The van der Waals surface area contributed by atoms with E-state index in [0.717, 1.165) is 0 Å². The fourth-order valence-electron chi connectivity index (χ4n) is 3.21. The molecule has 1 aromatic heterocycles. The van der Waals surface area contributed by atoms with Gasteiger partial charge in [-0.1, -0.05) is 24.3 Å². The Labute approximate surface area is 155 Å². The Morgan fingerprint density at radius 2 is 1.52 bits per heavy atom. The molecule has 4 rings (SSSR count). The summed E-state index contributed by atoms with van der Waals surface area (Å²) in [6.45, 7) is 2.22. The number of hydrogen-bond acceptors (Lipinski definition) is 5. The molecule has 27 heavy (non-hydrogen) atoms. The lowest BCUT2D eigenvalue weighted by Gasteiger charge is -2.36. The van der Waals surface area contributed by atoms with Crippen LogP contribution in [-0.4, -0.2) is 31.2 Å². The molecule has 0 amide bonds. The lowest BCUT2D eigenvalue weighted by molar-refractivity contribution is 0.523. The summed E-state index contributed by atoms with van der Waals surface area (Å²) in [5.74, 6) is -0.315. The third-order valence-corrected chi connectivity index (χ3v) is 4.58. The molecule has 1 saturated heterocycles. The van der Waals surface area contributed by atoms with E-state index in [1.807, 2.05) is 15.9 Å². The monoisotopic (exact) mass is 366 g/mol. The maximum Gasteiger partial charge on any atom is 0.235 e. The second-order valence-electron chi connectivity index (χ2n) is 6.19. The summed E-state index contributed by atoms with van der Waals surface area (Å²) < 4.78 is 33.7. The van der Waals surface area contributed by atoms with Crippen molar-refractivity contribution in [1.82, 2.24) is 4.98 Å². The molecule has 2 heterocycles. The fraction of sp³-hybridized carbons (Fsp3) is 0.200. The summed E-state index contributed by atoms with van der Waals surface area (Å²) in [4.78, 5) is 7.98. The van der Waals surface area contributed by atoms with Crippen LogP contribution in [0.15, 0.2) is 52.9 Å². The van der Waals surface area contributed by atoms with Crippen LogP contribution in [0, 0.1) is 23.0 Å². The Bertz CT molecular complexity index is 1000. The largest absolute Gasteiger partial charge is 0.419 e. The third-order valence-electron chi connectivity index (χ3n) is 4.58. The van der Waals surface area contributed by atoms with Gasteiger partial charge in [0.15, 0.2) is 0 Å². The number of oxazole rings is 1. The molecule has 0 bridgehead atoms. The van der Waals surface area contributed by atoms with Crippen molar-refractivity contribution >= 4 is 11.6 Å². The van der Waals surface area contributed by atoms with Crippen LogP contribution in [0.3, 0.4) is 0 Å². The van der Waals surface area contributed by atoms with Crippen LogP contribution in [0.25, 0.3) is 11.5 Å². The van der Waals surface area contributed by atoms with Gasteiger partial charge < -0.3 is 14.2 Å². The van der Waals surface area contributed by atoms with Crippen LogP contribution in [0.4, 0.5) is 20.4 Å². The molecule has 0 saturated carbocycles. The number of benzene rings is 2. The average molecular weight is 366 g/mol. The van der Waals surface area contributed by atoms with Crippen molar-refractivity contribution in [2.45, 2.75) is 0 Å². The standard InChI is InChI=1S/C20H16F2N4O/c21-15-6-2-1-5-14(15)19-24-17(13-23)20(27-19)26-11-9-25(10-12-26)18-8-4-3-7-16(18)22/h1-8H,9-12H2. The topological polar surface area (TPSA) is 56.3 Å². The van der Waals surface area contributed by atoms with Crippen LogP contribution in [0.1, 0.15) is 5.69 Å². The van der Waals surface area contributed by atoms with E-state index in [2.05, 4.69) is 4.98 Å². The summed E-state index contributed by atoms with van der Waals surface area (Å²) >= 11 is 0. The molecule has 0 unspecified atom stereocenters. The smallest absolute Gasteiger partial charge is 0.235 e. The number of nitriles is 1. The summed E-state index contributed by atoms with van der Waals surface area (Å²) in [6.07, 6.45) is 0. The summed E-state index contributed by atoms with van der Waals surface area (Å²) in [5, 5.41) is 9.39. The molecular weight excluding hydrogens is 350 g/mol. The van der Waals surface area contributed by atoms with E-state index in [9.17, 15) is 14.0 Å². The molecule has 0 atom stereocenters. The van der Waals surface area contributed by atoms with Gasteiger partial charge in [-0.2, -0.15) is 10.2 Å². The Morgan fingerprint density at radius 1 is 0.889 bits per heavy atom. The maximum atomic E-state index is 14.0. The molecule has 0 N–H and O–H groups in total. The normalized spacial score (nSPS) is 14.3. The van der Waals surface area contributed by atoms with Crippen LogP contribution < -0.4 is 9.80 Å². The molecule has 136 valence electrons. The van der Waals surface area contributed by atoms with Crippen molar-refractivity contribution in [3.8, 4) is 17.5 Å². The number of anilines is 2. The molecule has 0 radical (unpaired) electrons. The quantitative estimate of drug-likeness (QED) is 0.705. The summed E-state index contributed by atoms with van der Waals surface area (Å²) in [6, 6.07) is 14.8. The van der Waals surface area contributed by atoms with Gasteiger partial charge in [0.1, 0.15) is 17.7 Å². The maximum absolute atomic E-state index is 14.0. The van der Waals surface area contributed by atoms with E-state index in [-0.39, 0.29) is 23.0 Å². The average Bonchev–Trinajstić information content (AvgIpc) is 3.13. The van der Waals surface area contributed by atoms with E-state index in [1.54, 1.807) is 36.4 Å². The van der Waals surface area contributed by atoms with Crippen LogP contribution >= 0.6 is 0 Å². The van der Waals surface area contributed by atoms with E-state index in [0.29, 0.717) is 37.8 Å². The second kappa shape index (κ2) is 7.08. The molecular formula is C20H16F2N4O. The van der Waals surface area contributed by atoms with E-state index < -0.39 is 5.82 Å². The first kappa shape index (κ1) is 17.0. The molecule has 0 spiro atoms. The van der Waals surface area contributed by atoms with Gasteiger partial charge in [-0.05, 0) is 24.3 Å². The van der Waals surface area contributed by atoms with Crippen molar-refractivity contribution < 1.29 is 13.2 Å². The molecule has 1 aliphatic heterocycles. The lowest BCUT2D eigenvalue weighted by atomic mass is 10.2. The highest BCUT2D eigenvalue weighted by atomic mass is 19.1. The zero-order valence-electron chi connectivity index (χ0n) is 14.4. The summed E-state index contributed by atoms with van der Waals surface area (Å²) in [5.41, 5.74) is 0.889. The molecule has 3 aromatic rings. The summed E-state index contributed by atoms with van der Waals surface area (Å²) in [7, 11) is 0. The van der Waals surface area contributed by atoms with Gasteiger partial charge >= 0.3 is 0 Å². The molecule has 7 heteroatoms. The van der Waals surface area contributed by atoms with E-state index in [1.165, 1.54) is 12.1 Å². The van der Waals surface area contributed by atoms with Gasteiger partial charge in [0.05, 0.1) is 11.3 Å². The first-order valence-electron chi connectivity index (χ1n) is 8.57. The molecule has 2 aromatic carbocycles. The van der Waals surface area contributed by atoms with Gasteiger partial charge in [-0.3, -0.25) is 0 Å². The number of hydrogen-bond donors (Lipinski definition) is 0. The molecule has 1 fully saturated rings.